The maximum absolute atomic E-state index is 13.4. The standard InChI is InChI=1S/C22H24N4O4S2/c1-13(10-27)30-18-9-16-15(8-20(18)32(28,29)22(2,3)4)21(24-11-23-16)26-14-5-6-19-17(7-14)25-12-31-19/h5-9,11-13,27H,10H2,1-4H3,(H,23,24,26)/t13-/m0/s1. The largest absolute Gasteiger partial charge is 0.487 e. The van der Waals surface area contributed by atoms with Crippen LogP contribution in [0.5, 0.6) is 5.75 Å². The van der Waals surface area contributed by atoms with Gasteiger partial charge in [-0.1, -0.05) is 0 Å². The minimum atomic E-state index is -3.76. The van der Waals surface area contributed by atoms with Crippen LogP contribution in [0.15, 0.2) is 47.1 Å². The van der Waals surface area contributed by atoms with Crippen molar-refractivity contribution < 1.29 is 18.3 Å². The first-order valence-electron chi connectivity index (χ1n) is 10.0. The Hall–Kier alpha value is -2.82. The van der Waals surface area contributed by atoms with Gasteiger partial charge in [0.25, 0.3) is 0 Å². The fourth-order valence-corrected chi connectivity index (χ4v) is 5.09. The van der Waals surface area contributed by atoms with E-state index in [9.17, 15) is 13.5 Å². The van der Waals surface area contributed by atoms with Gasteiger partial charge in [0.2, 0.25) is 0 Å². The molecule has 0 unspecified atom stereocenters. The highest BCUT2D eigenvalue weighted by molar-refractivity contribution is 7.92. The van der Waals surface area contributed by atoms with Crippen LogP contribution in [0, 0.1) is 0 Å². The predicted molar refractivity (Wildman–Crippen MR) is 127 cm³/mol. The third-order valence-corrected chi connectivity index (χ3v) is 8.30. The van der Waals surface area contributed by atoms with E-state index in [2.05, 4.69) is 20.3 Å². The summed E-state index contributed by atoms with van der Waals surface area (Å²) in [5, 5.41) is 13.2. The number of benzene rings is 2. The second-order valence-corrected chi connectivity index (χ2v) is 12.0. The van der Waals surface area contributed by atoms with E-state index in [1.54, 1.807) is 56.7 Å². The van der Waals surface area contributed by atoms with Gasteiger partial charge in [0.15, 0.2) is 9.84 Å². The summed E-state index contributed by atoms with van der Waals surface area (Å²) in [4.78, 5) is 13.0. The Labute approximate surface area is 190 Å². The molecule has 0 fully saturated rings. The maximum Gasteiger partial charge on any atom is 0.186 e. The van der Waals surface area contributed by atoms with E-state index in [0.717, 1.165) is 15.9 Å². The fourth-order valence-electron chi connectivity index (χ4n) is 3.12. The second-order valence-electron chi connectivity index (χ2n) is 8.43. The van der Waals surface area contributed by atoms with Gasteiger partial charge >= 0.3 is 0 Å². The Bertz CT molecular complexity index is 1390. The second kappa shape index (κ2) is 8.27. The van der Waals surface area contributed by atoms with Crippen molar-refractivity contribution in [1.29, 1.82) is 0 Å². The molecule has 2 N–H and O–H groups in total. The van der Waals surface area contributed by atoms with Crippen molar-refractivity contribution in [2.75, 3.05) is 11.9 Å². The summed E-state index contributed by atoms with van der Waals surface area (Å²) in [6, 6.07) is 8.92. The van der Waals surface area contributed by atoms with Crippen molar-refractivity contribution in [3.8, 4) is 5.75 Å². The lowest BCUT2D eigenvalue weighted by atomic mass is 10.2. The zero-order chi connectivity index (χ0) is 23.1. The van der Waals surface area contributed by atoms with Crippen molar-refractivity contribution >= 4 is 53.8 Å². The molecule has 0 saturated heterocycles. The highest BCUT2D eigenvalue weighted by atomic mass is 32.2. The van der Waals surface area contributed by atoms with Crippen LogP contribution in [0.1, 0.15) is 27.7 Å². The highest BCUT2D eigenvalue weighted by Gasteiger charge is 2.34. The van der Waals surface area contributed by atoms with Gasteiger partial charge in [-0.2, -0.15) is 0 Å². The van der Waals surface area contributed by atoms with Crippen molar-refractivity contribution in [2.24, 2.45) is 0 Å². The van der Waals surface area contributed by atoms with Crippen LogP contribution in [0.3, 0.4) is 0 Å². The van der Waals surface area contributed by atoms with Gasteiger partial charge in [0.05, 0.1) is 32.6 Å². The van der Waals surface area contributed by atoms with Gasteiger partial charge in [0.1, 0.15) is 28.9 Å². The fraction of sp³-hybridized carbons (Fsp3) is 0.318. The van der Waals surface area contributed by atoms with Gasteiger partial charge in [-0.15, -0.1) is 11.3 Å². The third kappa shape index (κ3) is 4.13. The van der Waals surface area contributed by atoms with E-state index in [1.165, 1.54) is 6.33 Å². The van der Waals surface area contributed by atoms with Gasteiger partial charge in [-0.3, -0.25) is 0 Å². The molecule has 0 aliphatic heterocycles. The number of hydrogen-bond donors (Lipinski definition) is 2. The third-order valence-electron chi connectivity index (χ3n) is 4.97. The molecule has 2 aromatic carbocycles. The monoisotopic (exact) mass is 472 g/mol. The number of ether oxygens (including phenoxy) is 1. The molecule has 8 nitrogen and oxygen atoms in total. The van der Waals surface area contributed by atoms with Gasteiger partial charge in [0, 0.05) is 17.1 Å². The first-order chi connectivity index (χ1) is 15.1. The molecule has 1 atom stereocenters. The molecule has 32 heavy (non-hydrogen) atoms. The van der Waals surface area contributed by atoms with Crippen LogP contribution in [-0.4, -0.2) is 45.9 Å². The first-order valence-corrected chi connectivity index (χ1v) is 12.4. The molecule has 0 radical (unpaired) electrons. The van der Waals surface area contributed by atoms with Crippen molar-refractivity contribution in [3.05, 3.63) is 42.2 Å². The molecule has 0 amide bonds. The number of fused-ring (bicyclic) bond motifs is 2. The molecule has 4 aromatic rings. The quantitative estimate of drug-likeness (QED) is 0.427. The average Bonchev–Trinajstić information content (AvgIpc) is 3.20. The molecule has 0 aliphatic rings. The number of aliphatic hydroxyl groups excluding tert-OH is 1. The zero-order valence-corrected chi connectivity index (χ0v) is 19.8. The first kappa shape index (κ1) is 22.4. The van der Waals surface area contributed by atoms with Gasteiger partial charge in [-0.25, -0.2) is 23.4 Å². The molecule has 4 rings (SSSR count). The Morgan fingerprint density at radius 2 is 1.91 bits per heavy atom. The Morgan fingerprint density at radius 3 is 2.62 bits per heavy atom. The smallest absolute Gasteiger partial charge is 0.186 e. The van der Waals surface area contributed by atoms with Crippen LogP contribution in [-0.2, 0) is 9.84 Å². The number of aromatic nitrogens is 3. The minimum Gasteiger partial charge on any atom is -0.487 e. The topological polar surface area (TPSA) is 114 Å². The number of thiazole rings is 1. The van der Waals surface area contributed by atoms with E-state index in [4.69, 9.17) is 4.74 Å². The zero-order valence-electron chi connectivity index (χ0n) is 18.2. The SMILES string of the molecule is C[C@@H](CO)Oc1cc2ncnc(Nc3ccc4scnc4c3)c2cc1S(=O)(=O)C(C)(C)C. The Kier molecular flexibility index (Phi) is 5.78. The molecule has 2 aromatic heterocycles. The molecular weight excluding hydrogens is 448 g/mol. The van der Waals surface area contributed by atoms with Crippen LogP contribution >= 0.6 is 11.3 Å². The summed E-state index contributed by atoms with van der Waals surface area (Å²) >= 11 is 1.56. The maximum atomic E-state index is 13.4. The Balaban J connectivity index is 1.87. The molecule has 168 valence electrons. The van der Waals surface area contributed by atoms with Crippen LogP contribution < -0.4 is 10.1 Å². The van der Waals surface area contributed by atoms with E-state index >= 15 is 0 Å². The number of aliphatic hydroxyl groups is 1. The normalized spacial score (nSPS) is 13.4. The van der Waals surface area contributed by atoms with Crippen molar-refractivity contribution in [3.63, 3.8) is 0 Å². The van der Waals surface area contributed by atoms with Crippen LogP contribution in [0.2, 0.25) is 0 Å². The van der Waals surface area contributed by atoms with Crippen LogP contribution in [0.4, 0.5) is 11.5 Å². The number of sulfone groups is 1. The number of anilines is 2. The molecular formula is C22H24N4O4S2. The lowest BCUT2D eigenvalue weighted by Crippen LogP contribution is -2.29. The molecule has 10 heteroatoms. The lowest BCUT2D eigenvalue weighted by Gasteiger charge is -2.23. The van der Waals surface area contributed by atoms with Gasteiger partial charge < -0.3 is 15.2 Å². The Morgan fingerprint density at radius 1 is 1.12 bits per heavy atom. The van der Waals surface area contributed by atoms with E-state index < -0.39 is 20.7 Å². The number of nitrogens with one attached hydrogen (secondary N) is 1. The predicted octanol–water partition coefficient (Wildman–Crippen LogP) is 4.31. The molecule has 0 aliphatic carbocycles. The number of nitrogens with zero attached hydrogens (tertiary/aromatic N) is 3. The number of rotatable bonds is 6. The van der Waals surface area contributed by atoms with Gasteiger partial charge in [-0.05, 0) is 52.0 Å². The molecule has 2 heterocycles. The summed E-state index contributed by atoms with van der Waals surface area (Å²) in [5.74, 6) is 0.624. The highest BCUT2D eigenvalue weighted by Crippen LogP contribution is 2.37. The van der Waals surface area contributed by atoms with Crippen molar-refractivity contribution in [2.45, 2.75) is 43.4 Å². The van der Waals surface area contributed by atoms with E-state index in [0.29, 0.717) is 16.7 Å². The molecule has 0 spiro atoms. The lowest BCUT2D eigenvalue weighted by molar-refractivity contribution is 0.127. The van der Waals surface area contributed by atoms with E-state index in [1.807, 2.05) is 18.2 Å². The molecule has 0 saturated carbocycles. The average molecular weight is 473 g/mol. The minimum absolute atomic E-state index is 0.0330. The van der Waals surface area contributed by atoms with E-state index in [-0.39, 0.29) is 17.3 Å². The summed E-state index contributed by atoms with van der Waals surface area (Å²) in [6.45, 7) is 6.32. The summed E-state index contributed by atoms with van der Waals surface area (Å²) < 4.78 is 32.5. The molecule has 0 bridgehead atoms. The van der Waals surface area contributed by atoms with Crippen LogP contribution in [0.25, 0.3) is 21.1 Å². The van der Waals surface area contributed by atoms with Crippen molar-refractivity contribution in [1.82, 2.24) is 15.0 Å². The number of hydrogen-bond acceptors (Lipinski definition) is 9. The summed E-state index contributed by atoms with van der Waals surface area (Å²) in [6.07, 6.45) is 0.828. The summed E-state index contributed by atoms with van der Waals surface area (Å²) in [7, 11) is -3.76. The summed E-state index contributed by atoms with van der Waals surface area (Å²) in [5.41, 5.74) is 3.94.